The zero-order chi connectivity index (χ0) is 14.1. The van der Waals surface area contributed by atoms with E-state index in [2.05, 4.69) is 51.3 Å². The van der Waals surface area contributed by atoms with E-state index in [4.69, 9.17) is 0 Å². The number of hydrogen-bond donors (Lipinski definition) is 3. The predicted molar refractivity (Wildman–Crippen MR) is 85.4 cm³/mol. The first kappa shape index (κ1) is 12.7. The Morgan fingerprint density at radius 2 is 1.90 bits per heavy atom. The molecule has 4 nitrogen and oxygen atoms in total. The van der Waals surface area contributed by atoms with Crippen molar-refractivity contribution >= 4 is 11.4 Å². The second-order valence-electron chi connectivity index (χ2n) is 5.79. The molecule has 1 aliphatic heterocycles. The summed E-state index contributed by atoms with van der Waals surface area (Å²) < 4.78 is 0. The molecule has 108 valence electrons. The fourth-order valence-electron chi connectivity index (χ4n) is 3.32. The van der Waals surface area contributed by atoms with E-state index in [9.17, 15) is 0 Å². The zero-order valence-electron chi connectivity index (χ0n) is 12.0. The predicted octanol–water partition coefficient (Wildman–Crippen LogP) is 2.91. The third kappa shape index (κ3) is 2.47. The lowest BCUT2D eigenvalue weighted by molar-refractivity contribution is 0.444. The maximum Gasteiger partial charge on any atom is 0.109 e. The molecule has 2 aliphatic rings. The van der Waals surface area contributed by atoms with Crippen molar-refractivity contribution in [1.29, 1.82) is 0 Å². The number of nitrogens with zero attached hydrogens (tertiary/aromatic N) is 1. The van der Waals surface area contributed by atoms with Gasteiger partial charge in [-0.1, -0.05) is 18.2 Å². The van der Waals surface area contributed by atoms with Gasteiger partial charge in [-0.15, -0.1) is 0 Å². The van der Waals surface area contributed by atoms with Gasteiger partial charge in [-0.2, -0.15) is 0 Å². The van der Waals surface area contributed by atoms with Gasteiger partial charge in [0.15, 0.2) is 0 Å². The monoisotopic (exact) mass is 280 g/mol. The minimum absolute atomic E-state index is 0.247. The van der Waals surface area contributed by atoms with E-state index in [1.807, 2.05) is 12.3 Å². The maximum atomic E-state index is 4.58. The van der Waals surface area contributed by atoms with Crippen LogP contribution in [0.2, 0.25) is 0 Å². The van der Waals surface area contributed by atoms with Gasteiger partial charge in [0.1, 0.15) is 6.17 Å². The number of fused-ring (bicyclic) bond motifs is 2. The highest BCUT2D eigenvalue weighted by Gasteiger charge is 2.24. The maximum absolute atomic E-state index is 4.58. The van der Waals surface area contributed by atoms with Gasteiger partial charge in [-0.05, 0) is 43.0 Å². The van der Waals surface area contributed by atoms with Gasteiger partial charge in [-0.25, -0.2) is 0 Å². The summed E-state index contributed by atoms with van der Waals surface area (Å²) in [5, 5.41) is 10.7. The van der Waals surface area contributed by atoms with Crippen LogP contribution in [0.1, 0.15) is 30.1 Å². The minimum atomic E-state index is 0.247. The van der Waals surface area contributed by atoms with Gasteiger partial charge in [0.2, 0.25) is 0 Å². The second-order valence-corrected chi connectivity index (χ2v) is 5.79. The Morgan fingerprint density at radius 3 is 2.71 bits per heavy atom. The molecule has 4 rings (SSSR count). The number of para-hydroxylation sites is 2. The molecule has 1 aromatic carbocycles. The van der Waals surface area contributed by atoms with E-state index in [0.717, 1.165) is 13.0 Å². The molecular formula is C17H20N4. The number of nitrogens with one attached hydrogen (secondary N) is 3. The first-order chi connectivity index (χ1) is 10.4. The molecule has 0 fully saturated rings. The van der Waals surface area contributed by atoms with E-state index >= 15 is 0 Å². The van der Waals surface area contributed by atoms with Crippen LogP contribution in [0.4, 0.5) is 11.4 Å². The molecule has 0 radical (unpaired) electrons. The molecule has 0 saturated carbocycles. The van der Waals surface area contributed by atoms with Crippen LogP contribution in [0, 0.1) is 0 Å². The quantitative estimate of drug-likeness (QED) is 0.809. The average molecular weight is 280 g/mol. The van der Waals surface area contributed by atoms with Crippen molar-refractivity contribution in [2.24, 2.45) is 0 Å². The van der Waals surface area contributed by atoms with E-state index in [0.29, 0.717) is 6.04 Å². The number of pyridine rings is 1. The largest absolute Gasteiger partial charge is 0.363 e. The molecule has 2 heterocycles. The summed E-state index contributed by atoms with van der Waals surface area (Å²) in [6, 6.07) is 13.0. The van der Waals surface area contributed by atoms with Gasteiger partial charge in [0.25, 0.3) is 0 Å². The van der Waals surface area contributed by atoms with Crippen molar-refractivity contribution in [3.05, 3.63) is 53.9 Å². The lowest BCUT2D eigenvalue weighted by Gasteiger charge is -2.26. The molecule has 21 heavy (non-hydrogen) atoms. The van der Waals surface area contributed by atoms with Crippen LogP contribution in [0.15, 0.2) is 42.6 Å². The first-order valence-electron chi connectivity index (χ1n) is 7.69. The molecule has 1 aliphatic carbocycles. The molecule has 4 heteroatoms. The van der Waals surface area contributed by atoms with E-state index in [1.54, 1.807) is 0 Å². The van der Waals surface area contributed by atoms with Crippen molar-refractivity contribution < 1.29 is 0 Å². The summed E-state index contributed by atoms with van der Waals surface area (Å²) >= 11 is 0. The van der Waals surface area contributed by atoms with Gasteiger partial charge in [-0.3, -0.25) is 4.98 Å². The summed E-state index contributed by atoms with van der Waals surface area (Å²) in [6.07, 6.45) is 5.72. The Morgan fingerprint density at radius 1 is 1.10 bits per heavy atom. The third-order valence-corrected chi connectivity index (χ3v) is 4.35. The number of benzene rings is 1. The summed E-state index contributed by atoms with van der Waals surface area (Å²) in [4.78, 5) is 4.58. The van der Waals surface area contributed by atoms with Crippen LogP contribution < -0.4 is 16.0 Å². The molecule has 2 aromatic rings. The molecular weight excluding hydrogens is 260 g/mol. The Labute approximate surface area is 125 Å². The van der Waals surface area contributed by atoms with Crippen LogP contribution in [-0.2, 0) is 6.42 Å². The van der Waals surface area contributed by atoms with Gasteiger partial charge in [0.05, 0.1) is 17.1 Å². The van der Waals surface area contributed by atoms with E-state index in [1.165, 1.54) is 35.5 Å². The first-order valence-corrected chi connectivity index (χ1v) is 7.69. The van der Waals surface area contributed by atoms with Crippen molar-refractivity contribution in [2.75, 3.05) is 17.2 Å². The fourth-order valence-corrected chi connectivity index (χ4v) is 3.32. The number of aromatic nitrogens is 1. The zero-order valence-corrected chi connectivity index (χ0v) is 12.0. The van der Waals surface area contributed by atoms with Gasteiger partial charge < -0.3 is 16.0 Å². The standard InChI is InChI=1S/C17H20N4/c1-2-8-14-13(7-1)20-16(21-14)11-19-15-9-3-5-12-6-4-10-18-17(12)15/h1-2,4,6-8,10,15-16,19-21H,3,5,9,11H2. The molecule has 1 atom stereocenters. The second kappa shape index (κ2) is 5.37. The summed E-state index contributed by atoms with van der Waals surface area (Å²) in [5.74, 6) is 0. The SMILES string of the molecule is c1cnc2c(c1)CCCC2NCC1Nc2ccccc2N1. The summed E-state index contributed by atoms with van der Waals surface area (Å²) in [6.45, 7) is 0.884. The van der Waals surface area contributed by atoms with Crippen molar-refractivity contribution in [3.63, 3.8) is 0 Å². The molecule has 3 N–H and O–H groups in total. The molecule has 0 saturated heterocycles. The highest BCUT2D eigenvalue weighted by atomic mass is 15.2. The highest BCUT2D eigenvalue weighted by molar-refractivity contribution is 5.74. The summed E-state index contributed by atoms with van der Waals surface area (Å²) in [7, 11) is 0. The number of aryl methyl sites for hydroxylation is 1. The lowest BCUT2D eigenvalue weighted by Crippen LogP contribution is -2.38. The lowest BCUT2D eigenvalue weighted by atomic mass is 9.92. The minimum Gasteiger partial charge on any atom is -0.363 e. The van der Waals surface area contributed by atoms with Crippen molar-refractivity contribution in [3.8, 4) is 0 Å². The normalized spacial score (nSPS) is 20.3. The number of hydrogen-bond acceptors (Lipinski definition) is 4. The molecule has 1 unspecified atom stereocenters. The van der Waals surface area contributed by atoms with Crippen LogP contribution in [-0.4, -0.2) is 17.7 Å². The van der Waals surface area contributed by atoms with Crippen LogP contribution in [0.5, 0.6) is 0 Å². The third-order valence-electron chi connectivity index (χ3n) is 4.35. The fraction of sp³-hybridized carbons (Fsp3) is 0.353. The molecule has 0 bridgehead atoms. The van der Waals surface area contributed by atoms with Crippen LogP contribution >= 0.6 is 0 Å². The highest BCUT2D eigenvalue weighted by Crippen LogP contribution is 2.30. The molecule has 1 aromatic heterocycles. The Bertz CT molecular complexity index is 615. The van der Waals surface area contributed by atoms with Gasteiger partial charge >= 0.3 is 0 Å². The number of rotatable bonds is 3. The van der Waals surface area contributed by atoms with Crippen LogP contribution in [0.25, 0.3) is 0 Å². The van der Waals surface area contributed by atoms with Crippen LogP contribution in [0.3, 0.4) is 0 Å². The number of anilines is 2. The Hall–Kier alpha value is -2.07. The summed E-state index contributed by atoms with van der Waals surface area (Å²) in [5.41, 5.74) is 5.01. The topological polar surface area (TPSA) is 49.0 Å². The van der Waals surface area contributed by atoms with Crippen molar-refractivity contribution in [2.45, 2.75) is 31.5 Å². The smallest absolute Gasteiger partial charge is 0.109 e. The van der Waals surface area contributed by atoms with E-state index < -0.39 is 0 Å². The molecule has 0 spiro atoms. The Kier molecular flexibility index (Phi) is 3.24. The van der Waals surface area contributed by atoms with Gasteiger partial charge in [0, 0.05) is 18.8 Å². The van der Waals surface area contributed by atoms with E-state index in [-0.39, 0.29) is 6.17 Å². The molecule has 0 amide bonds. The van der Waals surface area contributed by atoms with Crippen molar-refractivity contribution in [1.82, 2.24) is 10.3 Å². The Balaban J connectivity index is 1.41. The average Bonchev–Trinajstić information content (AvgIpc) is 2.96.